The van der Waals surface area contributed by atoms with Crippen LogP contribution in [0, 0.1) is 5.82 Å². The molecule has 0 saturated heterocycles. The zero-order valence-corrected chi connectivity index (χ0v) is 16.5. The molecule has 30 heavy (non-hydrogen) atoms. The number of nitrogens with zero attached hydrogens (tertiary/aromatic N) is 2. The lowest BCUT2D eigenvalue weighted by Gasteiger charge is -2.08. The second-order valence-corrected chi connectivity index (χ2v) is 6.66. The van der Waals surface area contributed by atoms with Gasteiger partial charge in [-0.1, -0.05) is 29.8 Å². The van der Waals surface area contributed by atoms with Gasteiger partial charge in [0.2, 0.25) is 5.55 Å². The summed E-state index contributed by atoms with van der Waals surface area (Å²) in [5, 5.41) is 3.54. The molecule has 0 unspecified atom stereocenters. The molecule has 0 bridgehead atoms. The minimum absolute atomic E-state index is 0.0238. The van der Waals surface area contributed by atoms with E-state index in [0.29, 0.717) is 22.5 Å². The fraction of sp³-hybridized carbons (Fsp3) is 0.0455. The van der Waals surface area contributed by atoms with Crippen molar-refractivity contribution in [2.75, 3.05) is 12.4 Å². The molecule has 2 aromatic carbocycles. The molecule has 0 aliphatic carbocycles. The summed E-state index contributed by atoms with van der Waals surface area (Å²) in [6, 6.07) is 16.0. The SMILES string of the molecule is COc1cccc2cc(C(=O)Nc3ccccn3)c(=Nc3ccc(Cl)cc3F)oc12. The van der Waals surface area contributed by atoms with Gasteiger partial charge in [0, 0.05) is 16.6 Å². The maximum Gasteiger partial charge on any atom is 0.262 e. The van der Waals surface area contributed by atoms with Crippen molar-refractivity contribution in [3.8, 4) is 5.75 Å². The first-order valence-corrected chi connectivity index (χ1v) is 9.26. The number of methoxy groups -OCH3 is 1. The largest absolute Gasteiger partial charge is 0.493 e. The zero-order chi connectivity index (χ0) is 21.1. The third kappa shape index (κ3) is 4.01. The summed E-state index contributed by atoms with van der Waals surface area (Å²) in [4.78, 5) is 21.3. The highest BCUT2D eigenvalue weighted by Gasteiger charge is 2.16. The number of pyridine rings is 1. The Kier molecular flexibility index (Phi) is 5.45. The van der Waals surface area contributed by atoms with Crippen LogP contribution in [0.4, 0.5) is 15.9 Å². The molecule has 1 amide bonds. The van der Waals surface area contributed by atoms with Crippen LogP contribution in [0.3, 0.4) is 0 Å². The maximum atomic E-state index is 14.3. The summed E-state index contributed by atoms with van der Waals surface area (Å²) in [5.74, 6) is -0.335. The number of nitrogens with one attached hydrogen (secondary N) is 1. The Morgan fingerprint density at radius 1 is 1.17 bits per heavy atom. The number of anilines is 1. The van der Waals surface area contributed by atoms with E-state index < -0.39 is 11.7 Å². The molecule has 150 valence electrons. The highest BCUT2D eigenvalue weighted by Crippen LogP contribution is 2.26. The van der Waals surface area contributed by atoms with Crippen LogP contribution in [0.15, 0.2) is 76.3 Å². The second kappa shape index (κ2) is 8.34. The molecule has 0 spiro atoms. The van der Waals surface area contributed by atoms with Crippen molar-refractivity contribution in [3.63, 3.8) is 0 Å². The number of amides is 1. The van der Waals surface area contributed by atoms with Crippen LogP contribution in [-0.4, -0.2) is 18.0 Å². The second-order valence-electron chi connectivity index (χ2n) is 6.22. The minimum atomic E-state index is -0.645. The topological polar surface area (TPSA) is 76.7 Å². The summed E-state index contributed by atoms with van der Waals surface area (Å²) in [7, 11) is 1.50. The number of aromatic nitrogens is 1. The molecular weight excluding hydrogens is 409 g/mol. The van der Waals surface area contributed by atoms with E-state index in [1.807, 2.05) is 0 Å². The summed E-state index contributed by atoms with van der Waals surface area (Å²) in [6.45, 7) is 0. The number of ether oxygens (including phenoxy) is 1. The van der Waals surface area contributed by atoms with Crippen molar-refractivity contribution in [1.82, 2.24) is 4.98 Å². The lowest BCUT2D eigenvalue weighted by Crippen LogP contribution is -2.22. The van der Waals surface area contributed by atoms with E-state index >= 15 is 0 Å². The first-order valence-electron chi connectivity index (χ1n) is 8.88. The Balaban J connectivity index is 1.92. The van der Waals surface area contributed by atoms with Gasteiger partial charge in [-0.15, -0.1) is 0 Å². The molecule has 4 rings (SSSR count). The zero-order valence-electron chi connectivity index (χ0n) is 15.7. The fourth-order valence-corrected chi connectivity index (χ4v) is 2.99. The number of halogens is 2. The smallest absolute Gasteiger partial charge is 0.262 e. The quantitative estimate of drug-likeness (QED) is 0.494. The predicted molar refractivity (Wildman–Crippen MR) is 112 cm³/mol. The third-order valence-electron chi connectivity index (χ3n) is 4.24. The highest BCUT2D eigenvalue weighted by molar-refractivity contribution is 6.30. The number of carbonyl (C=O) groups excluding carboxylic acids is 1. The van der Waals surface area contributed by atoms with Crippen molar-refractivity contribution in [2.24, 2.45) is 4.99 Å². The molecule has 0 aliphatic rings. The van der Waals surface area contributed by atoms with Gasteiger partial charge in [-0.05, 0) is 42.5 Å². The first kappa shape index (κ1) is 19.6. The van der Waals surface area contributed by atoms with Gasteiger partial charge < -0.3 is 14.5 Å². The molecule has 2 heterocycles. The van der Waals surface area contributed by atoms with Crippen LogP contribution in [0.1, 0.15) is 10.4 Å². The summed E-state index contributed by atoms with van der Waals surface area (Å²) in [5.41, 5.74) is 0.379. The van der Waals surface area contributed by atoms with Crippen LogP contribution >= 0.6 is 11.6 Å². The number of benzene rings is 2. The van der Waals surface area contributed by atoms with Crippen LogP contribution < -0.4 is 15.6 Å². The summed E-state index contributed by atoms with van der Waals surface area (Å²) in [6.07, 6.45) is 1.56. The molecule has 0 aliphatic heterocycles. The Morgan fingerprint density at radius 3 is 2.77 bits per heavy atom. The van der Waals surface area contributed by atoms with Crippen molar-refractivity contribution in [3.05, 3.63) is 88.8 Å². The Morgan fingerprint density at radius 2 is 2.03 bits per heavy atom. The highest BCUT2D eigenvalue weighted by atomic mass is 35.5. The van der Waals surface area contributed by atoms with Gasteiger partial charge in [-0.3, -0.25) is 4.79 Å². The van der Waals surface area contributed by atoms with Crippen LogP contribution in [0.2, 0.25) is 5.02 Å². The molecule has 0 atom stereocenters. The van der Waals surface area contributed by atoms with E-state index in [2.05, 4.69) is 15.3 Å². The van der Waals surface area contributed by atoms with Crippen LogP contribution in [0.5, 0.6) is 5.75 Å². The van der Waals surface area contributed by atoms with E-state index in [1.165, 1.54) is 19.2 Å². The van der Waals surface area contributed by atoms with Crippen molar-refractivity contribution >= 4 is 40.0 Å². The van der Waals surface area contributed by atoms with Crippen molar-refractivity contribution in [2.45, 2.75) is 0 Å². The van der Waals surface area contributed by atoms with E-state index in [1.54, 1.807) is 48.7 Å². The molecule has 4 aromatic rings. The van der Waals surface area contributed by atoms with Gasteiger partial charge in [0.1, 0.15) is 22.9 Å². The molecule has 8 heteroatoms. The number of carbonyl (C=O) groups is 1. The minimum Gasteiger partial charge on any atom is -0.493 e. The Labute approximate surface area is 175 Å². The lowest BCUT2D eigenvalue weighted by molar-refractivity contribution is 0.102. The van der Waals surface area contributed by atoms with Gasteiger partial charge in [0.05, 0.1) is 7.11 Å². The normalized spacial score (nSPS) is 11.5. The molecule has 1 N–H and O–H groups in total. The first-order chi connectivity index (χ1) is 14.5. The molecule has 2 aromatic heterocycles. The van der Waals surface area contributed by atoms with Crippen molar-refractivity contribution in [1.29, 1.82) is 0 Å². The fourth-order valence-electron chi connectivity index (χ4n) is 2.83. The number of hydrogen-bond donors (Lipinski definition) is 1. The monoisotopic (exact) mass is 423 g/mol. The maximum absolute atomic E-state index is 14.3. The van der Waals surface area contributed by atoms with Crippen LogP contribution in [-0.2, 0) is 0 Å². The average Bonchev–Trinajstić information content (AvgIpc) is 2.75. The molecule has 0 fully saturated rings. The lowest BCUT2D eigenvalue weighted by atomic mass is 10.1. The summed E-state index contributed by atoms with van der Waals surface area (Å²) < 4.78 is 25.5. The number of rotatable bonds is 4. The Bertz CT molecular complexity index is 1310. The van der Waals surface area contributed by atoms with Crippen LogP contribution in [0.25, 0.3) is 11.0 Å². The number of hydrogen-bond acceptors (Lipinski definition) is 5. The van der Waals surface area contributed by atoms with E-state index in [0.717, 1.165) is 6.07 Å². The molecule has 0 radical (unpaired) electrons. The molecule has 0 saturated carbocycles. The number of para-hydroxylation sites is 1. The molecule has 6 nitrogen and oxygen atoms in total. The van der Waals surface area contributed by atoms with E-state index in [4.69, 9.17) is 20.8 Å². The van der Waals surface area contributed by atoms with Gasteiger partial charge in [0.25, 0.3) is 5.91 Å². The predicted octanol–water partition coefficient (Wildman–Crippen LogP) is 5.11. The van der Waals surface area contributed by atoms with E-state index in [9.17, 15) is 9.18 Å². The van der Waals surface area contributed by atoms with Gasteiger partial charge in [0.15, 0.2) is 11.3 Å². The van der Waals surface area contributed by atoms with Crippen molar-refractivity contribution < 1.29 is 18.3 Å². The van der Waals surface area contributed by atoms with Gasteiger partial charge >= 0.3 is 0 Å². The third-order valence-corrected chi connectivity index (χ3v) is 4.48. The standard InChI is InChI=1S/C22H15ClFN3O3/c1-29-18-6-4-5-13-11-15(21(28)27-19-7-2-3-10-25-19)22(30-20(13)18)26-17-9-8-14(23)12-16(17)24/h2-12H,1H3,(H,25,27,28). The average molecular weight is 424 g/mol. The summed E-state index contributed by atoms with van der Waals surface area (Å²) >= 11 is 5.82. The van der Waals surface area contributed by atoms with Gasteiger partial charge in [-0.2, -0.15) is 0 Å². The number of fused-ring (bicyclic) bond motifs is 1. The Hall–Kier alpha value is -3.71. The van der Waals surface area contributed by atoms with E-state index in [-0.39, 0.29) is 21.8 Å². The molecular formula is C22H15ClFN3O3. The van der Waals surface area contributed by atoms with Gasteiger partial charge in [-0.25, -0.2) is 14.4 Å².